The highest BCUT2D eigenvalue weighted by Crippen LogP contribution is 2.19. The molecule has 0 fully saturated rings. The minimum absolute atomic E-state index is 0.0131. The van der Waals surface area contributed by atoms with Gasteiger partial charge in [-0.1, -0.05) is 24.3 Å². The molecule has 27 heavy (non-hydrogen) atoms. The molecule has 7 heteroatoms. The number of halogens is 1. The molecule has 2 aromatic rings. The van der Waals surface area contributed by atoms with Gasteiger partial charge < -0.3 is 5.32 Å². The number of nitrogens with one attached hydrogen (secondary N) is 1. The molecule has 0 saturated heterocycles. The lowest BCUT2D eigenvalue weighted by molar-refractivity contribution is -0.121. The number of sulfonamides is 1. The zero-order valence-corrected chi connectivity index (χ0v) is 16.2. The van der Waals surface area contributed by atoms with Crippen molar-refractivity contribution < 1.29 is 17.6 Å². The van der Waals surface area contributed by atoms with E-state index in [1.807, 2.05) is 13.8 Å². The molecule has 0 aliphatic carbocycles. The fourth-order valence-corrected chi connectivity index (χ4v) is 3.89. The van der Waals surface area contributed by atoms with Crippen LogP contribution in [-0.2, 0) is 21.4 Å². The van der Waals surface area contributed by atoms with E-state index >= 15 is 0 Å². The minimum atomic E-state index is -3.83. The van der Waals surface area contributed by atoms with Crippen molar-refractivity contribution in [2.24, 2.45) is 0 Å². The first-order chi connectivity index (χ1) is 12.7. The molecule has 0 radical (unpaired) electrons. The Morgan fingerprint density at radius 1 is 1.15 bits per heavy atom. The fraction of sp³-hybridized carbons (Fsp3) is 0.250. The van der Waals surface area contributed by atoms with Gasteiger partial charge in [-0.05, 0) is 54.8 Å². The summed E-state index contributed by atoms with van der Waals surface area (Å²) in [6.07, 6.45) is 1.44. The van der Waals surface area contributed by atoms with Gasteiger partial charge in [0.1, 0.15) is 5.82 Å². The van der Waals surface area contributed by atoms with Crippen molar-refractivity contribution in [1.29, 1.82) is 0 Å². The SMILES string of the molecule is C=CCN(CC(=O)NCc1ccc(F)cc1)S(=O)(=O)c1ccc(C)c(C)c1. The minimum Gasteiger partial charge on any atom is -0.351 e. The van der Waals surface area contributed by atoms with E-state index in [4.69, 9.17) is 0 Å². The van der Waals surface area contributed by atoms with E-state index in [0.717, 1.165) is 21.0 Å². The second kappa shape index (κ2) is 8.92. The Bertz CT molecular complexity index is 925. The summed E-state index contributed by atoms with van der Waals surface area (Å²) in [4.78, 5) is 12.4. The van der Waals surface area contributed by atoms with Crippen molar-refractivity contribution >= 4 is 15.9 Å². The maximum absolute atomic E-state index is 12.9. The van der Waals surface area contributed by atoms with E-state index in [1.165, 1.54) is 24.3 Å². The molecule has 0 spiro atoms. The fourth-order valence-electron chi connectivity index (χ4n) is 2.43. The van der Waals surface area contributed by atoms with E-state index in [2.05, 4.69) is 11.9 Å². The van der Waals surface area contributed by atoms with Gasteiger partial charge in [-0.2, -0.15) is 4.31 Å². The quantitative estimate of drug-likeness (QED) is 0.705. The number of aryl methyl sites for hydroxylation is 2. The first kappa shape index (κ1) is 20.8. The summed E-state index contributed by atoms with van der Waals surface area (Å²) in [6, 6.07) is 10.6. The number of amides is 1. The zero-order valence-electron chi connectivity index (χ0n) is 15.4. The molecule has 144 valence electrons. The standard InChI is InChI=1S/C20H23FN2O3S/c1-4-11-23(27(25,26)19-10-5-15(2)16(3)12-19)14-20(24)22-13-17-6-8-18(21)9-7-17/h4-10,12H,1,11,13-14H2,2-3H3,(H,22,24). The number of carbonyl (C=O) groups is 1. The number of hydrogen-bond acceptors (Lipinski definition) is 3. The van der Waals surface area contributed by atoms with E-state index in [9.17, 15) is 17.6 Å². The summed E-state index contributed by atoms with van der Waals surface area (Å²) < 4.78 is 39.8. The van der Waals surface area contributed by atoms with Crippen LogP contribution in [0.5, 0.6) is 0 Å². The molecule has 0 saturated carbocycles. The van der Waals surface area contributed by atoms with Gasteiger partial charge in [0.05, 0.1) is 11.4 Å². The third kappa shape index (κ3) is 5.48. The average Bonchev–Trinajstić information content (AvgIpc) is 2.63. The van der Waals surface area contributed by atoms with Crippen molar-refractivity contribution in [3.63, 3.8) is 0 Å². The molecular weight excluding hydrogens is 367 g/mol. The first-order valence-corrected chi connectivity index (χ1v) is 9.87. The van der Waals surface area contributed by atoms with Crippen LogP contribution in [0.4, 0.5) is 4.39 Å². The molecule has 1 amide bonds. The third-order valence-corrected chi connectivity index (χ3v) is 5.98. The Hall–Kier alpha value is -2.51. The summed E-state index contributed by atoms with van der Waals surface area (Å²) in [7, 11) is -3.83. The van der Waals surface area contributed by atoms with E-state index in [1.54, 1.807) is 24.3 Å². The zero-order chi connectivity index (χ0) is 20.0. The summed E-state index contributed by atoms with van der Waals surface area (Å²) in [5, 5.41) is 2.65. The van der Waals surface area contributed by atoms with Gasteiger partial charge in [0, 0.05) is 13.1 Å². The van der Waals surface area contributed by atoms with E-state index in [-0.39, 0.29) is 30.3 Å². The second-order valence-electron chi connectivity index (χ2n) is 6.24. The van der Waals surface area contributed by atoms with Crippen molar-refractivity contribution in [2.75, 3.05) is 13.1 Å². The molecule has 5 nitrogen and oxygen atoms in total. The highest BCUT2D eigenvalue weighted by molar-refractivity contribution is 7.89. The van der Waals surface area contributed by atoms with Gasteiger partial charge in [-0.25, -0.2) is 12.8 Å². The lowest BCUT2D eigenvalue weighted by atomic mass is 10.1. The molecule has 2 aromatic carbocycles. The van der Waals surface area contributed by atoms with E-state index < -0.39 is 15.9 Å². The van der Waals surface area contributed by atoms with Gasteiger partial charge in [0.25, 0.3) is 0 Å². The molecular formula is C20H23FN2O3S. The largest absolute Gasteiger partial charge is 0.351 e. The van der Waals surface area contributed by atoms with Crippen LogP contribution in [0.1, 0.15) is 16.7 Å². The molecule has 2 rings (SSSR count). The molecule has 0 atom stereocenters. The molecule has 0 unspecified atom stereocenters. The molecule has 0 aliphatic heterocycles. The van der Waals surface area contributed by atoms with Gasteiger partial charge in [-0.15, -0.1) is 6.58 Å². The normalized spacial score (nSPS) is 11.4. The first-order valence-electron chi connectivity index (χ1n) is 8.43. The van der Waals surface area contributed by atoms with Crippen LogP contribution in [0.3, 0.4) is 0 Å². The van der Waals surface area contributed by atoms with Gasteiger partial charge >= 0.3 is 0 Å². The van der Waals surface area contributed by atoms with Crippen molar-refractivity contribution in [1.82, 2.24) is 9.62 Å². The average molecular weight is 390 g/mol. The summed E-state index contributed by atoms with van der Waals surface area (Å²) >= 11 is 0. The third-order valence-electron chi connectivity index (χ3n) is 4.17. The lowest BCUT2D eigenvalue weighted by Crippen LogP contribution is -2.40. The van der Waals surface area contributed by atoms with Crippen molar-refractivity contribution in [3.8, 4) is 0 Å². The predicted octanol–water partition coefficient (Wildman–Crippen LogP) is 2.94. The predicted molar refractivity (Wildman–Crippen MR) is 103 cm³/mol. The van der Waals surface area contributed by atoms with Gasteiger partial charge in [0.2, 0.25) is 15.9 Å². The molecule has 0 heterocycles. The van der Waals surface area contributed by atoms with Gasteiger partial charge in [0.15, 0.2) is 0 Å². The molecule has 0 aromatic heterocycles. The van der Waals surface area contributed by atoms with Crippen LogP contribution in [0.15, 0.2) is 60.0 Å². The van der Waals surface area contributed by atoms with Gasteiger partial charge in [-0.3, -0.25) is 4.79 Å². The summed E-state index contributed by atoms with van der Waals surface area (Å²) in [6.45, 7) is 7.18. The highest BCUT2D eigenvalue weighted by Gasteiger charge is 2.26. The number of carbonyl (C=O) groups excluding carboxylic acids is 1. The van der Waals surface area contributed by atoms with Crippen LogP contribution < -0.4 is 5.32 Å². The Morgan fingerprint density at radius 3 is 2.41 bits per heavy atom. The Kier molecular flexibility index (Phi) is 6.87. The number of benzene rings is 2. The maximum Gasteiger partial charge on any atom is 0.243 e. The smallest absolute Gasteiger partial charge is 0.243 e. The monoisotopic (exact) mass is 390 g/mol. The molecule has 1 N–H and O–H groups in total. The number of hydrogen-bond donors (Lipinski definition) is 1. The van der Waals surface area contributed by atoms with Crippen molar-refractivity contribution in [3.05, 3.63) is 77.6 Å². The van der Waals surface area contributed by atoms with E-state index in [0.29, 0.717) is 0 Å². The summed E-state index contributed by atoms with van der Waals surface area (Å²) in [5.74, 6) is -0.810. The Morgan fingerprint density at radius 2 is 1.81 bits per heavy atom. The summed E-state index contributed by atoms with van der Waals surface area (Å²) in [5.41, 5.74) is 2.56. The molecule has 0 bridgehead atoms. The number of nitrogens with zero attached hydrogens (tertiary/aromatic N) is 1. The van der Waals surface area contributed by atoms with Crippen molar-refractivity contribution in [2.45, 2.75) is 25.3 Å². The highest BCUT2D eigenvalue weighted by atomic mass is 32.2. The number of rotatable bonds is 8. The van der Waals surface area contributed by atoms with Crippen LogP contribution >= 0.6 is 0 Å². The van der Waals surface area contributed by atoms with Crippen LogP contribution in [-0.4, -0.2) is 31.7 Å². The maximum atomic E-state index is 12.9. The lowest BCUT2D eigenvalue weighted by Gasteiger charge is -2.21. The topological polar surface area (TPSA) is 66.5 Å². The Labute approximate surface area is 159 Å². The Balaban J connectivity index is 2.10. The molecule has 0 aliphatic rings. The van der Waals surface area contributed by atoms with Crippen LogP contribution in [0.25, 0.3) is 0 Å². The second-order valence-corrected chi connectivity index (χ2v) is 8.17. The van der Waals surface area contributed by atoms with Crippen LogP contribution in [0, 0.1) is 19.7 Å². The van der Waals surface area contributed by atoms with Crippen LogP contribution in [0.2, 0.25) is 0 Å².